The quantitative estimate of drug-likeness (QED) is 0.846. The predicted octanol–water partition coefficient (Wildman–Crippen LogP) is 1.63. The molecule has 6 heteroatoms. The molecule has 2 fully saturated rings. The Labute approximate surface area is 144 Å². The van der Waals surface area contributed by atoms with Crippen molar-refractivity contribution in [1.82, 2.24) is 15.2 Å². The summed E-state index contributed by atoms with van der Waals surface area (Å²) in [4.78, 5) is 42.5. The molecule has 1 spiro atoms. The van der Waals surface area contributed by atoms with Crippen LogP contribution >= 0.6 is 0 Å². The van der Waals surface area contributed by atoms with Crippen LogP contribution in [0.2, 0.25) is 0 Å². The van der Waals surface area contributed by atoms with Crippen LogP contribution < -0.4 is 5.32 Å². The SMILES string of the molecule is O=C1C[C@]2(CCN(C(=O)c3cccc(-c4ccccc4)n3)C2)C(=O)N1. The first kappa shape index (κ1) is 15.5. The second kappa shape index (κ2) is 5.81. The lowest BCUT2D eigenvalue weighted by Gasteiger charge is -2.20. The van der Waals surface area contributed by atoms with Gasteiger partial charge in [0, 0.05) is 25.1 Å². The van der Waals surface area contributed by atoms with E-state index in [0.717, 1.165) is 11.3 Å². The Morgan fingerprint density at radius 3 is 2.60 bits per heavy atom. The Kier molecular flexibility index (Phi) is 3.60. The highest BCUT2D eigenvalue weighted by molar-refractivity contribution is 6.06. The number of hydrogen-bond acceptors (Lipinski definition) is 4. The van der Waals surface area contributed by atoms with Gasteiger partial charge in [-0.3, -0.25) is 19.7 Å². The lowest BCUT2D eigenvalue weighted by atomic mass is 9.85. The van der Waals surface area contributed by atoms with E-state index in [0.29, 0.717) is 18.7 Å². The van der Waals surface area contributed by atoms with Gasteiger partial charge < -0.3 is 4.90 Å². The van der Waals surface area contributed by atoms with Crippen LogP contribution in [0.4, 0.5) is 0 Å². The van der Waals surface area contributed by atoms with Crippen LogP contribution in [0.5, 0.6) is 0 Å². The van der Waals surface area contributed by atoms with Crippen molar-refractivity contribution in [3.05, 3.63) is 54.2 Å². The third-order valence-electron chi connectivity index (χ3n) is 4.91. The molecule has 2 aliphatic heterocycles. The molecule has 1 atom stereocenters. The maximum Gasteiger partial charge on any atom is 0.272 e. The standard InChI is InChI=1S/C19H17N3O3/c23-16-11-19(18(25)21-16)9-10-22(12-19)17(24)15-8-4-7-14(20-15)13-5-2-1-3-6-13/h1-8H,9-12H2,(H,21,23,25)/t19-/m0/s1. The van der Waals surface area contributed by atoms with E-state index in [1.165, 1.54) is 0 Å². The topological polar surface area (TPSA) is 79.4 Å². The summed E-state index contributed by atoms with van der Waals surface area (Å²) in [5, 5.41) is 2.35. The minimum absolute atomic E-state index is 0.160. The van der Waals surface area contributed by atoms with Crippen LogP contribution in [0.25, 0.3) is 11.3 Å². The van der Waals surface area contributed by atoms with Crippen molar-refractivity contribution in [2.45, 2.75) is 12.8 Å². The third-order valence-corrected chi connectivity index (χ3v) is 4.91. The number of carbonyl (C=O) groups is 3. The van der Waals surface area contributed by atoms with E-state index in [9.17, 15) is 14.4 Å². The van der Waals surface area contributed by atoms with Crippen molar-refractivity contribution >= 4 is 17.7 Å². The van der Waals surface area contributed by atoms with Gasteiger partial charge in [-0.05, 0) is 18.6 Å². The van der Waals surface area contributed by atoms with Crippen LogP contribution in [0.15, 0.2) is 48.5 Å². The zero-order valence-corrected chi connectivity index (χ0v) is 13.6. The Morgan fingerprint density at radius 2 is 1.88 bits per heavy atom. The maximum absolute atomic E-state index is 12.8. The van der Waals surface area contributed by atoms with Gasteiger partial charge in [-0.1, -0.05) is 36.4 Å². The minimum Gasteiger partial charge on any atom is -0.336 e. The summed E-state index contributed by atoms with van der Waals surface area (Å²) in [6.45, 7) is 0.720. The van der Waals surface area contributed by atoms with Gasteiger partial charge in [0.1, 0.15) is 5.69 Å². The molecule has 1 aromatic heterocycles. The van der Waals surface area contributed by atoms with Gasteiger partial charge in [-0.25, -0.2) is 4.98 Å². The van der Waals surface area contributed by atoms with Crippen LogP contribution in [-0.4, -0.2) is 40.7 Å². The highest BCUT2D eigenvalue weighted by atomic mass is 16.2. The smallest absolute Gasteiger partial charge is 0.272 e. The molecule has 0 bridgehead atoms. The van der Waals surface area contributed by atoms with Gasteiger partial charge in [0.2, 0.25) is 11.8 Å². The van der Waals surface area contributed by atoms with Crippen molar-refractivity contribution in [1.29, 1.82) is 0 Å². The number of nitrogens with zero attached hydrogens (tertiary/aromatic N) is 2. The first-order valence-electron chi connectivity index (χ1n) is 8.23. The van der Waals surface area contributed by atoms with Gasteiger partial charge in [0.15, 0.2) is 0 Å². The van der Waals surface area contributed by atoms with Crippen molar-refractivity contribution in [3.63, 3.8) is 0 Å². The van der Waals surface area contributed by atoms with E-state index >= 15 is 0 Å². The number of pyridine rings is 1. The molecule has 3 heterocycles. The first-order valence-corrected chi connectivity index (χ1v) is 8.23. The lowest BCUT2D eigenvalue weighted by Crippen LogP contribution is -2.37. The molecular formula is C19H17N3O3. The van der Waals surface area contributed by atoms with Crippen molar-refractivity contribution in [2.24, 2.45) is 5.41 Å². The van der Waals surface area contributed by atoms with E-state index in [1.807, 2.05) is 36.4 Å². The number of likely N-dealkylation sites (tertiary alicyclic amines) is 1. The van der Waals surface area contributed by atoms with Gasteiger partial charge in [-0.2, -0.15) is 0 Å². The summed E-state index contributed by atoms with van der Waals surface area (Å²) in [7, 11) is 0. The third kappa shape index (κ3) is 2.69. The summed E-state index contributed by atoms with van der Waals surface area (Å²) in [6.07, 6.45) is 0.668. The highest BCUT2D eigenvalue weighted by Crippen LogP contribution is 2.38. The van der Waals surface area contributed by atoms with Crippen LogP contribution in [0, 0.1) is 5.41 Å². The molecule has 3 amide bonds. The normalized spacial score (nSPS) is 22.5. The largest absolute Gasteiger partial charge is 0.336 e. The second-order valence-electron chi connectivity index (χ2n) is 6.59. The Hall–Kier alpha value is -3.02. The average molecular weight is 335 g/mol. The molecule has 126 valence electrons. The molecule has 1 N–H and O–H groups in total. The molecule has 0 unspecified atom stereocenters. The molecule has 0 radical (unpaired) electrons. The van der Waals surface area contributed by atoms with E-state index in [2.05, 4.69) is 10.3 Å². The Morgan fingerprint density at radius 1 is 1.08 bits per heavy atom. The number of imide groups is 1. The number of hydrogen-bond donors (Lipinski definition) is 1. The molecule has 0 aliphatic carbocycles. The Bertz CT molecular complexity index is 865. The molecule has 25 heavy (non-hydrogen) atoms. The Balaban J connectivity index is 1.56. The van der Waals surface area contributed by atoms with Gasteiger partial charge in [0.05, 0.1) is 11.1 Å². The van der Waals surface area contributed by atoms with E-state index in [1.54, 1.807) is 17.0 Å². The fourth-order valence-corrected chi connectivity index (χ4v) is 3.55. The monoisotopic (exact) mass is 335 g/mol. The molecule has 2 saturated heterocycles. The van der Waals surface area contributed by atoms with E-state index < -0.39 is 5.41 Å². The highest BCUT2D eigenvalue weighted by Gasteiger charge is 2.51. The fraction of sp³-hybridized carbons (Fsp3) is 0.263. The molecule has 2 aliphatic rings. The van der Waals surface area contributed by atoms with Crippen molar-refractivity contribution in [2.75, 3.05) is 13.1 Å². The molecule has 0 saturated carbocycles. The van der Waals surface area contributed by atoms with Gasteiger partial charge in [-0.15, -0.1) is 0 Å². The maximum atomic E-state index is 12.8. The fourth-order valence-electron chi connectivity index (χ4n) is 3.55. The van der Waals surface area contributed by atoms with Crippen molar-refractivity contribution in [3.8, 4) is 11.3 Å². The molecule has 6 nitrogen and oxygen atoms in total. The number of aromatic nitrogens is 1. The number of carbonyl (C=O) groups excluding carboxylic acids is 3. The van der Waals surface area contributed by atoms with Crippen LogP contribution in [-0.2, 0) is 9.59 Å². The summed E-state index contributed by atoms with van der Waals surface area (Å²) in [5.41, 5.74) is 1.26. The van der Waals surface area contributed by atoms with Crippen molar-refractivity contribution < 1.29 is 14.4 Å². The average Bonchev–Trinajstić information content (AvgIpc) is 3.18. The number of nitrogens with one attached hydrogen (secondary N) is 1. The summed E-state index contributed by atoms with van der Waals surface area (Å²) in [5.74, 6) is -0.732. The van der Waals surface area contributed by atoms with E-state index in [4.69, 9.17) is 0 Å². The molecular weight excluding hydrogens is 318 g/mol. The van der Waals surface area contributed by atoms with Gasteiger partial charge in [0.25, 0.3) is 5.91 Å². The second-order valence-corrected chi connectivity index (χ2v) is 6.59. The predicted molar refractivity (Wildman–Crippen MR) is 90.4 cm³/mol. The zero-order chi connectivity index (χ0) is 17.4. The van der Waals surface area contributed by atoms with E-state index in [-0.39, 0.29) is 30.7 Å². The molecule has 4 rings (SSSR count). The van der Waals surface area contributed by atoms with Crippen LogP contribution in [0.1, 0.15) is 23.3 Å². The lowest BCUT2D eigenvalue weighted by molar-refractivity contribution is -0.128. The summed E-state index contributed by atoms with van der Waals surface area (Å²) < 4.78 is 0. The van der Waals surface area contributed by atoms with Gasteiger partial charge >= 0.3 is 0 Å². The zero-order valence-electron chi connectivity index (χ0n) is 13.6. The minimum atomic E-state index is -0.760. The summed E-state index contributed by atoms with van der Waals surface area (Å²) >= 11 is 0. The molecule has 2 aromatic rings. The summed E-state index contributed by atoms with van der Waals surface area (Å²) in [6, 6.07) is 15.0. The number of rotatable bonds is 2. The number of amides is 3. The number of benzene rings is 1. The molecule has 1 aromatic carbocycles. The van der Waals surface area contributed by atoms with Crippen LogP contribution in [0.3, 0.4) is 0 Å². The first-order chi connectivity index (χ1) is 12.1.